The van der Waals surface area contributed by atoms with Gasteiger partial charge < -0.3 is 10.5 Å². The Bertz CT molecular complexity index is 378. The highest BCUT2D eigenvalue weighted by Crippen LogP contribution is 2.55. The topological polar surface area (TPSA) is 35.2 Å². The first-order valence-corrected chi connectivity index (χ1v) is 6.17. The standard InChI is InChI=1S/C14H19NO/c1-10-14(15,7-8-16-10)13-9-12(13)11-5-3-2-4-6-11/h2-6,10,12-13H,7-9,15H2,1H3. The second-order valence-corrected chi connectivity index (χ2v) is 5.23. The Hall–Kier alpha value is -0.860. The number of rotatable bonds is 2. The first-order chi connectivity index (χ1) is 7.72. The van der Waals surface area contributed by atoms with E-state index < -0.39 is 0 Å². The fourth-order valence-corrected chi connectivity index (χ4v) is 3.12. The maximum Gasteiger partial charge on any atom is 0.0730 e. The van der Waals surface area contributed by atoms with Crippen molar-refractivity contribution in [2.24, 2.45) is 11.7 Å². The van der Waals surface area contributed by atoms with Crippen molar-refractivity contribution in [2.75, 3.05) is 6.61 Å². The lowest BCUT2D eigenvalue weighted by molar-refractivity contribution is 0.0883. The summed E-state index contributed by atoms with van der Waals surface area (Å²) in [4.78, 5) is 0. The smallest absolute Gasteiger partial charge is 0.0730 e. The second-order valence-electron chi connectivity index (χ2n) is 5.23. The van der Waals surface area contributed by atoms with Crippen molar-refractivity contribution >= 4 is 0 Å². The molecule has 0 radical (unpaired) electrons. The van der Waals surface area contributed by atoms with E-state index in [-0.39, 0.29) is 11.6 Å². The van der Waals surface area contributed by atoms with Crippen LogP contribution in [0.3, 0.4) is 0 Å². The number of hydrogen-bond acceptors (Lipinski definition) is 2. The van der Waals surface area contributed by atoms with E-state index >= 15 is 0 Å². The van der Waals surface area contributed by atoms with Crippen LogP contribution in [0.25, 0.3) is 0 Å². The number of nitrogens with two attached hydrogens (primary N) is 1. The third-order valence-corrected chi connectivity index (χ3v) is 4.37. The van der Waals surface area contributed by atoms with Gasteiger partial charge in [0.1, 0.15) is 0 Å². The van der Waals surface area contributed by atoms with Gasteiger partial charge in [-0.15, -0.1) is 0 Å². The van der Waals surface area contributed by atoms with Gasteiger partial charge in [-0.05, 0) is 37.2 Å². The van der Waals surface area contributed by atoms with Gasteiger partial charge >= 0.3 is 0 Å². The highest BCUT2D eigenvalue weighted by molar-refractivity contribution is 5.29. The lowest BCUT2D eigenvalue weighted by Crippen LogP contribution is -2.48. The lowest BCUT2D eigenvalue weighted by Gasteiger charge is -2.28. The number of hydrogen-bond donors (Lipinski definition) is 1. The summed E-state index contributed by atoms with van der Waals surface area (Å²) in [6.07, 6.45) is 2.46. The van der Waals surface area contributed by atoms with Crippen molar-refractivity contribution in [1.82, 2.24) is 0 Å². The molecule has 16 heavy (non-hydrogen) atoms. The van der Waals surface area contributed by atoms with Gasteiger partial charge in [0.25, 0.3) is 0 Å². The molecule has 0 amide bonds. The molecule has 3 rings (SSSR count). The third kappa shape index (κ3) is 1.48. The Morgan fingerprint density at radius 2 is 2.06 bits per heavy atom. The quantitative estimate of drug-likeness (QED) is 0.825. The number of ether oxygens (including phenoxy) is 1. The van der Waals surface area contributed by atoms with Crippen LogP contribution in [-0.4, -0.2) is 18.2 Å². The van der Waals surface area contributed by atoms with Crippen LogP contribution in [0.15, 0.2) is 30.3 Å². The van der Waals surface area contributed by atoms with Gasteiger partial charge in [-0.2, -0.15) is 0 Å². The molecule has 1 saturated heterocycles. The molecule has 1 aromatic carbocycles. The molecule has 1 heterocycles. The van der Waals surface area contributed by atoms with E-state index in [1.807, 2.05) is 0 Å². The van der Waals surface area contributed by atoms with Crippen molar-refractivity contribution in [2.45, 2.75) is 37.3 Å². The monoisotopic (exact) mass is 217 g/mol. The molecule has 0 spiro atoms. The Morgan fingerprint density at radius 1 is 1.31 bits per heavy atom. The van der Waals surface area contributed by atoms with Crippen molar-refractivity contribution < 1.29 is 4.74 Å². The van der Waals surface area contributed by atoms with Gasteiger partial charge in [0, 0.05) is 12.1 Å². The van der Waals surface area contributed by atoms with Crippen LogP contribution < -0.4 is 5.73 Å². The average molecular weight is 217 g/mol. The molecule has 2 fully saturated rings. The van der Waals surface area contributed by atoms with Crippen molar-refractivity contribution in [3.8, 4) is 0 Å². The van der Waals surface area contributed by atoms with Crippen molar-refractivity contribution in [1.29, 1.82) is 0 Å². The fraction of sp³-hybridized carbons (Fsp3) is 0.571. The highest BCUT2D eigenvalue weighted by Gasteiger charge is 2.55. The fourth-order valence-electron chi connectivity index (χ4n) is 3.12. The normalized spacial score (nSPS) is 42.2. The minimum Gasteiger partial charge on any atom is -0.377 e. The molecule has 2 aliphatic rings. The van der Waals surface area contributed by atoms with Gasteiger partial charge in [0.05, 0.1) is 6.10 Å². The van der Waals surface area contributed by atoms with Crippen LogP contribution in [0.4, 0.5) is 0 Å². The van der Waals surface area contributed by atoms with E-state index in [9.17, 15) is 0 Å². The molecule has 1 aromatic rings. The molecule has 0 aromatic heterocycles. The third-order valence-electron chi connectivity index (χ3n) is 4.37. The van der Waals surface area contributed by atoms with Crippen LogP contribution in [0.2, 0.25) is 0 Å². The maximum absolute atomic E-state index is 6.51. The van der Waals surface area contributed by atoms with Crippen LogP contribution in [0.5, 0.6) is 0 Å². The van der Waals surface area contributed by atoms with Crippen LogP contribution in [0.1, 0.15) is 31.2 Å². The molecule has 86 valence electrons. The first-order valence-electron chi connectivity index (χ1n) is 6.17. The van der Waals surface area contributed by atoms with Crippen LogP contribution in [-0.2, 0) is 4.74 Å². The summed E-state index contributed by atoms with van der Waals surface area (Å²) in [5, 5.41) is 0. The first kappa shape index (κ1) is 10.3. The minimum atomic E-state index is -0.0828. The Morgan fingerprint density at radius 3 is 2.69 bits per heavy atom. The summed E-state index contributed by atoms with van der Waals surface area (Å²) in [5.41, 5.74) is 7.87. The molecule has 2 N–H and O–H groups in total. The summed E-state index contributed by atoms with van der Waals surface area (Å²) in [7, 11) is 0. The van der Waals surface area contributed by atoms with Crippen LogP contribution in [0, 0.1) is 5.92 Å². The zero-order chi connectivity index (χ0) is 11.2. The molecule has 0 bridgehead atoms. The van der Waals surface area contributed by atoms with E-state index in [1.54, 1.807) is 0 Å². The molecular formula is C14H19NO. The van der Waals surface area contributed by atoms with E-state index in [0.717, 1.165) is 13.0 Å². The second kappa shape index (κ2) is 3.57. The molecule has 4 unspecified atom stereocenters. The van der Waals surface area contributed by atoms with Gasteiger partial charge in [0.15, 0.2) is 0 Å². The summed E-state index contributed by atoms with van der Waals surface area (Å²) < 4.78 is 5.63. The zero-order valence-corrected chi connectivity index (χ0v) is 9.73. The van der Waals surface area contributed by atoms with Gasteiger partial charge in [0.2, 0.25) is 0 Å². The van der Waals surface area contributed by atoms with E-state index in [2.05, 4.69) is 37.3 Å². The summed E-state index contributed by atoms with van der Waals surface area (Å²) in [5.74, 6) is 1.28. The lowest BCUT2D eigenvalue weighted by atomic mass is 9.85. The SMILES string of the molecule is CC1OCCC1(N)C1CC1c1ccccc1. The van der Waals surface area contributed by atoms with Crippen molar-refractivity contribution in [3.05, 3.63) is 35.9 Å². The molecule has 1 aliphatic carbocycles. The Labute approximate surface area is 96.8 Å². The Balaban J connectivity index is 1.77. The molecule has 2 heteroatoms. The molecule has 2 nitrogen and oxygen atoms in total. The maximum atomic E-state index is 6.51. The van der Waals surface area contributed by atoms with Gasteiger partial charge in [-0.3, -0.25) is 0 Å². The van der Waals surface area contributed by atoms with Crippen LogP contribution >= 0.6 is 0 Å². The average Bonchev–Trinajstić information content (AvgIpc) is 3.04. The summed E-state index contributed by atoms with van der Waals surface area (Å²) in [6, 6.07) is 10.7. The number of benzene rings is 1. The molecular weight excluding hydrogens is 198 g/mol. The summed E-state index contributed by atoms with van der Waals surface area (Å²) in [6.45, 7) is 2.95. The predicted octanol–water partition coefficient (Wildman–Crippen LogP) is 2.30. The van der Waals surface area contributed by atoms with E-state index in [1.165, 1.54) is 12.0 Å². The van der Waals surface area contributed by atoms with E-state index in [4.69, 9.17) is 10.5 Å². The molecule has 4 atom stereocenters. The van der Waals surface area contributed by atoms with E-state index in [0.29, 0.717) is 11.8 Å². The summed E-state index contributed by atoms with van der Waals surface area (Å²) >= 11 is 0. The largest absolute Gasteiger partial charge is 0.377 e. The zero-order valence-electron chi connectivity index (χ0n) is 9.73. The highest BCUT2D eigenvalue weighted by atomic mass is 16.5. The van der Waals surface area contributed by atoms with Gasteiger partial charge in [-0.1, -0.05) is 30.3 Å². The molecule has 1 saturated carbocycles. The van der Waals surface area contributed by atoms with Crippen molar-refractivity contribution in [3.63, 3.8) is 0 Å². The molecule has 1 aliphatic heterocycles. The van der Waals surface area contributed by atoms with Gasteiger partial charge in [-0.25, -0.2) is 0 Å². The Kier molecular flexibility index (Phi) is 2.30. The predicted molar refractivity (Wildman–Crippen MR) is 64.2 cm³/mol. The minimum absolute atomic E-state index is 0.0828.